The number of hydrogen-bond donors (Lipinski definition) is 1. The van der Waals surface area contributed by atoms with Gasteiger partial charge in [0.15, 0.2) is 0 Å². The predicted molar refractivity (Wildman–Crippen MR) is 87.3 cm³/mol. The van der Waals surface area contributed by atoms with E-state index in [-0.39, 0.29) is 23.0 Å². The Balaban J connectivity index is 1.68. The number of carbonyl (C=O) groups is 2. The van der Waals surface area contributed by atoms with Crippen LogP contribution >= 0.6 is 0 Å². The minimum atomic E-state index is -0.00603. The van der Waals surface area contributed by atoms with E-state index in [2.05, 4.69) is 0 Å². The normalized spacial score (nSPS) is 20.9. The third-order valence-electron chi connectivity index (χ3n) is 5.51. The highest BCUT2D eigenvalue weighted by atomic mass is 16.3. The number of carbonyl (C=O) groups excluding carboxylic acids is 2. The molecule has 1 N–H and O–H groups in total. The fraction of sp³-hybridized carbons (Fsp3) is 0.556. The zero-order valence-corrected chi connectivity index (χ0v) is 13.8. The minimum Gasteiger partial charge on any atom is -0.508 e. The van der Waals surface area contributed by atoms with Crippen LogP contribution < -0.4 is 0 Å². The van der Waals surface area contributed by atoms with Crippen molar-refractivity contribution < 1.29 is 14.7 Å². The summed E-state index contributed by atoms with van der Waals surface area (Å²) in [5.74, 6) is 0.384. The van der Waals surface area contributed by atoms with E-state index >= 15 is 0 Å². The Hall–Kier alpha value is -2.04. The van der Waals surface area contributed by atoms with Gasteiger partial charge in [-0.1, -0.05) is 6.07 Å². The van der Waals surface area contributed by atoms with Crippen LogP contribution in [0.2, 0.25) is 0 Å². The maximum atomic E-state index is 12.7. The van der Waals surface area contributed by atoms with E-state index in [4.69, 9.17) is 0 Å². The quantitative estimate of drug-likeness (QED) is 0.864. The molecule has 0 aliphatic carbocycles. The molecule has 1 aromatic rings. The third-order valence-corrected chi connectivity index (χ3v) is 5.51. The van der Waals surface area contributed by atoms with Gasteiger partial charge in [0, 0.05) is 44.2 Å². The maximum absolute atomic E-state index is 12.7. The minimum absolute atomic E-state index is 0.00603. The predicted octanol–water partition coefficient (Wildman–Crippen LogP) is 2.18. The van der Waals surface area contributed by atoms with E-state index in [0.29, 0.717) is 17.5 Å². The van der Waals surface area contributed by atoms with E-state index < -0.39 is 0 Å². The Labute approximate surface area is 136 Å². The van der Waals surface area contributed by atoms with Crippen LogP contribution in [0.3, 0.4) is 0 Å². The molecular weight excluding hydrogens is 292 g/mol. The van der Waals surface area contributed by atoms with E-state index in [1.807, 2.05) is 16.8 Å². The van der Waals surface area contributed by atoms with Crippen molar-refractivity contribution in [3.8, 4) is 5.75 Å². The Morgan fingerprint density at radius 2 is 1.91 bits per heavy atom. The van der Waals surface area contributed by atoms with Gasteiger partial charge in [-0.15, -0.1) is 0 Å². The Bertz CT molecular complexity index is 633. The standard InChI is InChI=1S/C18H24N2O3/c1-13-14(4-3-5-15(13)21)17(23)20-10-8-18(9-11-20)7-6-16(22)19(2)12-18/h3-5,21H,6-12H2,1-2H3. The number of hydrogen-bond acceptors (Lipinski definition) is 3. The van der Waals surface area contributed by atoms with Crippen LogP contribution in [0.5, 0.6) is 5.75 Å². The van der Waals surface area contributed by atoms with E-state index in [1.54, 1.807) is 25.1 Å². The molecule has 23 heavy (non-hydrogen) atoms. The molecule has 2 aliphatic rings. The zero-order chi connectivity index (χ0) is 16.6. The molecule has 2 fully saturated rings. The zero-order valence-electron chi connectivity index (χ0n) is 13.8. The van der Waals surface area contributed by atoms with E-state index in [9.17, 15) is 14.7 Å². The second-order valence-electron chi connectivity index (χ2n) is 6.99. The van der Waals surface area contributed by atoms with Crippen molar-refractivity contribution in [2.75, 3.05) is 26.7 Å². The van der Waals surface area contributed by atoms with Crippen LogP contribution in [0.4, 0.5) is 0 Å². The van der Waals surface area contributed by atoms with Crippen molar-refractivity contribution in [3.63, 3.8) is 0 Å². The summed E-state index contributed by atoms with van der Waals surface area (Å²) in [6, 6.07) is 5.09. The van der Waals surface area contributed by atoms with Crippen molar-refractivity contribution in [2.24, 2.45) is 5.41 Å². The van der Waals surface area contributed by atoms with Crippen LogP contribution in [-0.2, 0) is 4.79 Å². The van der Waals surface area contributed by atoms with Crippen LogP contribution in [-0.4, -0.2) is 53.4 Å². The van der Waals surface area contributed by atoms with E-state index in [1.165, 1.54) is 0 Å². The number of nitrogens with zero attached hydrogens (tertiary/aromatic N) is 2. The molecule has 0 unspecified atom stereocenters. The van der Waals surface area contributed by atoms with E-state index in [0.717, 1.165) is 38.9 Å². The lowest BCUT2D eigenvalue weighted by Crippen LogP contribution is -2.51. The van der Waals surface area contributed by atoms with Gasteiger partial charge in [-0.3, -0.25) is 9.59 Å². The number of phenols is 1. The summed E-state index contributed by atoms with van der Waals surface area (Å²) in [5.41, 5.74) is 1.39. The lowest BCUT2D eigenvalue weighted by molar-refractivity contribution is -0.137. The fourth-order valence-electron chi connectivity index (χ4n) is 3.85. The van der Waals surface area contributed by atoms with Crippen molar-refractivity contribution in [1.29, 1.82) is 0 Å². The van der Waals surface area contributed by atoms with Gasteiger partial charge in [0.25, 0.3) is 5.91 Å². The summed E-state index contributed by atoms with van der Waals surface area (Å²) in [6.45, 7) is 4.01. The summed E-state index contributed by atoms with van der Waals surface area (Å²) in [5, 5.41) is 9.79. The second-order valence-corrected chi connectivity index (χ2v) is 6.99. The first-order chi connectivity index (χ1) is 10.9. The SMILES string of the molecule is Cc1c(O)cccc1C(=O)N1CCC2(CCC(=O)N(C)C2)CC1. The van der Waals surface area contributed by atoms with Gasteiger partial charge in [0.1, 0.15) is 5.75 Å². The average molecular weight is 316 g/mol. The van der Waals surface area contributed by atoms with Crippen LogP contribution in [0.1, 0.15) is 41.6 Å². The lowest BCUT2D eigenvalue weighted by Gasteiger charge is -2.46. The Morgan fingerprint density at radius 3 is 2.57 bits per heavy atom. The van der Waals surface area contributed by atoms with Crippen molar-refractivity contribution in [1.82, 2.24) is 9.80 Å². The number of benzene rings is 1. The van der Waals surface area contributed by atoms with Gasteiger partial charge >= 0.3 is 0 Å². The molecule has 5 heteroatoms. The molecule has 2 amide bonds. The monoisotopic (exact) mass is 316 g/mol. The molecule has 2 saturated heterocycles. The van der Waals surface area contributed by atoms with Gasteiger partial charge in [0.2, 0.25) is 5.91 Å². The number of rotatable bonds is 1. The first-order valence-electron chi connectivity index (χ1n) is 8.24. The highest BCUT2D eigenvalue weighted by Crippen LogP contribution is 2.40. The maximum Gasteiger partial charge on any atom is 0.254 e. The van der Waals surface area contributed by atoms with Gasteiger partial charge in [-0.05, 0) is 43.7 Å². The summed E-state index contributed by atoms with van der Waals surface area (Å²) < 4.78 is 0. The number of piperidine rings is 2. The number of likely N-dealkylation sites (tertiary alicyclic amines) is 2. The molecule has 2 heterocycles. The van der Waals surface area contributed by atoms with Gasteiger partial charge < -0.3 is 14.9 Å². The van der Waals surface area contributed by atoms with Crippen molar-refractivity contribution in [3.05, 3.63) is 29.3 Å². The molecule has 124 valence electrons. The lowest BCUT2D eigenvalue weighted by atomic mass is 9.72. The molecule has 3 rings (SSSR count). The average Bonchev–Trinajstić information content (AvgIpc) is 2.54. The molecule has 5 nitrogen and oxygen atoms in total. The summed E-state index contributed by atoms with van der Waals surface area (Å²) >= 11 is 0. The first-order valence-corrected chi connectivity index (χ1v) is 8.24. The number of aromatic hydroxyl groups is 1. The molecule has 0 radical (unpaired) electrons. The highest BCUT2D eigenvalue weighted by molar-refractivity contribution is 5.96. The van der Waals surface area contributed by atoms with Crippen LogP contribution in [0, 0.1) is 12.3 Å². The summed E-state index contributed by atoms with van der Waals surface area (Å²) in [7, 11) is 1.87. The molecule has 2 aliphatic heterocycles. The molecule has 0 saturated carbocycles. The van der Waals surface area contributed by atoms with Crippen LogP contribution in [0.15, 0.2) is 18.2 Å². The molecule has 0 bridgehead atoms. The van der Waals surface area contributed by atoms with Crippen molar-refractivity contribution in [2.45, 2.75) is 32.6 Å². The van der Waals surface area contributed by atoms with Gasteiger partial charge in [-0.25, -0.2) is 0 Å². The van der Waals surface area contributed by atoms with Gasteiger partial charge in [-0.2, -0.15) is 0 Å². The van der Waals surface area contributed by atoms with Gasteiger partial charge in [0.05, 0.1) is 0 Å². The third kappa shape index (κ3) is 2.92. The first kappa shape index (κ1) is 15.8. The molecular formula is C18H24N2O3. The van der Waals surface area contributed by atoms with Crippen LogP contribution in [0.25, 0.3) is 0 Å². The molecule has 1 spiro atoms. The molecule has 1 aromatic carbocycles. The second kappa shape index (κ2) is 5.87. The summed E-state index contributed by atoms with van der Waals surface area (Å²) in [4.78, 5) is 28.1. The highest BCUT2D eigenvalue weighted by Gasteiger charge is 2.40. The molecule has 0 atom stereocenters. The topological polar surface area (TPSA) is 60.9 Å². The number of phenolic OH excluding ortho intramolecular Hbond substituents is 1. The Morgan fingerprint density at radius 1 is 1.22 bits per heavy atom. The molecule has 0 aromatic heterocycles. The number of amides is 2. The Kier molecular flexibility index (Phi) is 4.04. The largest absolute Gasteiger partial charge is 0.508 e. The summed E-state index contributed by atoms with van der Waals surface area (Å²) in [6.07, 6.45) is 3.43. The smallest absolute Gasteiger partial charge is 0.254 e. The van der Waals surface area contributed by atoms with Crippen molar-refractivity contribution >= 4 is 11.8 Å². The fourth-order valence-corrected chi connectivity index (χ4v) is 3.85.